The summed E-state index contributed by atoms with van der Waals surface area (Å²) in [5, 5.41) is 8.66. The van der Waals surface area contributed by atoms with Gasteiger partial charge in [0.2, 0.25) is 0 Å². The summed E-state index contributed by atoms with van der Waals surface area (Å²) in [6, 6.07) is 0. The highest BCUT2D eigenvalue weighted by molar-refractivity contribution is 4.79. The Morgan fingerprint density at radius 3 is 2.50 bits per heavy atom. The Hall–Kier alpha value is -0.0800. The van der Waals surface area contributed by atoms with Gasteiger partial charge in [-0.25, -0.2) is 4.89 Å². The van der Waals surface area contributed by atoms with Crippen LogP contribution < -0.4 is 0 Å². The third-order valence-electron chi connectivity index (χ3n) is 3.24. The molecule has 0 spiro atoms. The van der Waals surface area contributed by atoms with Crippen molar-refractivity contribution in [3.05, 3.63) is 0 Å². The van der Waals surface area contributed by atoms with E-state index in [0.717, 1.165) is 18.3 Å². The van der Waals surface area contributed by atoms with Crippen LogP contribution in [-0.2, 0) is 4.89 Å². The molecule has 1 fully saturated rings. The second kappa shape index (κ2) is 4.24. The van der Waals surface area contributed by atoms with E-state index in [1.807, 2.05) is 0 Å². The Morgan fingerprint density at radius 1 is 1.33 bits per heavy atom. The van der Waals surface area contributed by atoms with Crippen LogP contribution in [0.15, 0.2) is 0 Å². The number of hydrogen-bond donors (Lipinski definition) is 1. The van der Waals surface area contributed by atoms with Gasteiger partial charge in [-0.3, -0.25) is 5.26 Å². The molecule has 0 radical (unpaired) electrons. The minimum Gasteiger partial charge on any atom is -0.252 e. The van der Waals surface area contributed by atoms with Crippen LogP contribution in [-0.4, -0.2) is 11.4 Å². The predicted molar refractivity (Wildman–Crippen MR) is 48.8 cm³/mol. The van der Waals surface area contributed by atoms with E-state index in [4.69, 9.17) is 5.26 Å². The van der Waals surface area contributed by atoms with Crippen LogP contribution in [0.4, 0.5) is 0 Å². The van der Waals surface area contributed by atoms with E-state index in [9.17, 15) is 0 Å². The summed E-state index contributed by atoms with van der Waals surface area (Å²) in [5.41, 5.74) is 0. The third-order valence-corrected chi connectivity index (χ3v) is 3.24. The smallest absolute Gasteiger partial charge is 0.0955 e. The molecule has 0 bridgehead atoms. The van der Waals surface area contributed by atoms with E-state index in [-0.39, 0.29) is 6.10 Å². The fourth-order valence-electron chi connectivity index (χ4n) is 2.06. The largest absolute Gasteiger partial charge is 0.252 e. The second-order valence-corrected chi connectivity index (χ2v) is 4.44. The van der Waals surface area contributed by atoms with Gasteiger partial charge in [0.25, 0.3) is 0 Å². The van der Waals surface area contributed by atoms with Crippen LogP contribution >= 0.6 is 0 Å². The molecule has 0 aromatic heterocycles. The van der Waals surface area contributed by atoms with E-state index in [2.05, 4.69) is 25.7 Å². The highest BCUT2D eigenvalue weighted by atomic mass is 17.1. The van der Waals surface area contributed by atoms with Crippen molar-refractivity contribution < 1.29 is 10.1 Å². The summed E-state index contributed by atoms with van der Waals surface area (Å²) in [5.74, 6) is 1.97. The summed E-state index contributed by atoms with van der Waals surface area (Å²) in [4.78, 5) is 4.48. The lowest BCUT2D eigenvalue weighted by Gasteiger charge is -2.34. The maximum absolute atomic E-state index is 8.66. The molecule has 1 N–H and O–H groups in total. The normalized spacial score (nSPS) is 37.2. The summed E-state index contributed by atoms with van der Waals surface area (Å²) < 4.78 is 0. The molecule has 3 atom stereocenters. The quantitative estimate of drug-likeness (QED) is 0.512. The van der Waals surface area contributed by atoms with Crippen molar-refractivity contribution in [2.45, 2.75) is 46.1 Å². The molecule has 12 heavy (non-hydrogen) atoms. The maximum atomic E-state index is 8.66. The lowest BCUT2D eigenvalue weighted by atomic mass is 9.76. The van der Waals surface area contributed by atoms with Crippen LogP contribution in [0.3, 0.4) is 0 Å². The summed E-state index contributed by atoms with van der Waals surface area (Å²) >= 11 is 0. The first-order valence-electron chi connectivity index (χ1n) is 4.95. The molecule has 0 heterocycles. The average Bonchev–Trinajstić information content (AvgIpc) is 2.05. The van der Waals surface area contributed by atoms with Gasteiger partial charge >= 0.3 is 0 Å². The van der Waals surface area contributed by atoms with Crippen molar-refractivity contribution in [2.24, 2.45) is 17.8 Å². The highest BCUT2D eigenvalue weighted by Crippen LogP contribution is 2.34. The van der Waals surface area contributed by atoms with E-state index in [1.165, 1.54) is 12.8 Å². The molecule has 2 heteroatoms. The Morgan fingerprint density at radius 2 is 2.00 bits per heavy atom. The zero-order valence-corrected chi connectivity index (χ0v) is 8.29. The molecule has 0 aromatic rings. The average molecular weight is 172 g/mol. The zero-order valence-electron chi connectivity index (χ0n) is 8.29. The monoisotopic (exact) mass is 172 g/mol. The molecule has 1 aliphatic carbocycles. The van der Waals surface area contributed by atoms with E-state index in [1.54, 1.807) is 0 Å². The van der Waals surface area contributed by atoms with Crippen LogP contribution in [0.2, 0.25) is 0 Å². The maximum Gasteiger partial charge on any atom is 0.0955 e. The molecule has 1 aliphatic rings. The topological polar surface area (TPSA) is 29.5 Å². The van der Waals surface area contributed by atoms with Crippen molar-refractivity contribution in [1.82, 2.24) is 0 Å². The fourth-order valence-corrected chi connectivity index (χ4v) is 2.06. The summed E-state index contributed by atoms with van der Waals surface area (Å²) in [6.45, 7) is 6.64. The molecular weight excluding hydrogens is 152 g/mol. The van der Waals surface area contributed by atoms with E-state index in [0.29, 0.717) is 5.92 Å². The van der Waals surface area contributed by atoms with Crippen molar-refractivity contribution in [3.63, 3.8) is 0 Å². The Balaban J connectivity index is 2.44. The first-order valence-corrected chi connectivity index (χ1v) is 4.95. The lowest BCUT2D eigenvalue weighted by molar-refractivity contribution is -0.297. The van der Waals surface area contributed by atoms with Gasteiger partial charge in [-0.15, -0.1) is 0 Å². The van der Waals surface area contributed by atoms with Gasteiger partial charge in [0.15, 0.2) is 0 Å². The van der Waals surface area contributed by atoms with Crippen LogP contribution in [0.25, 0.3) is 0 Å². The van der Waals surface area contributed by atoms with Gasteiger partial charge in [-0.2, -0.15) is 0 Å². The molecule has 0 amide bonds. The van der Waals surface area contributed by atoms with Crippen LogP contribution in [0.5, 0.6) is 0 Å². The molecule has 2 nitrogen and oxygen atoms in total. The molecule has 0 aromatic carbocycles. The first kappa shape index (κ1) is 10.0. The van der Waals surface area contributed by atoms with Crippen LogP contribution in [0.1, 0.15) is 40.0 Å². The van der Waals surface area contributed by atoms with Gasteiger partial charge in [0.05, 0.1) is 6.10 Å². The predicted octanol–water partition coefficient (Wildman–Crippen LogP) is 2.94. The third kappa shape index (κ3) is 2.20. The highest BCUT2D eigenvalue weighted by Gasteiger charge is 2.29. The van der Waals surface area contributed by atoms with Crippen molar-refractivity contribution in [3.8, 4) is 0 Å². The first-order chi connectivity index (χ1) is 5.65. The van der Waals surface area contributed by atoms with E-state index >= 15 is 0 Å². The molecule has 3 unspecified atom stereocenters. The van der Waals surface area contributed by atoms with Crippen molar-refractivity contribution >= 4 is 0 Å². The Labute approximate surface area is 74.9 Å². The molecule has 1 rings (SSSR count). The molecule has 0 saturated heterocycles. The van der Waals surface area contributed by atoms with Crippen LogP contribution in [0, 0.1) is 17.8 Å². The van der Waals surface area contributed by atoms with Gasteiger partial charge < -0.3 is 0 Å². The number of hydrogen-bond acceptors (Lipinski definition) is 2. The van der Waals surface area contributed by atoms with Gasteiger partial charge in [-0.05, 0) is 37.0 Å². The fraction of sp³-hybridized carbons (Fsp3) is 1.00. The van der Waals surface area contributed by atoms with E-state index < -0.39 is 0 Å². The Bertz CT molecular complexity index is 134. The minimum atomic E-state index is 0.0751. The second-order valence-electron chi connectivity index (χ2n) is 4.44. The SMILES string of the molecule is CC(C)C1CCC(C)C(OO)C1. The molecular formula is C10H20O2. The molecule has 0 aliphatic heterocycles. The van der Waals surface area contributed by atoms with Gasteiger partial charge in [0, 0.05) is 0 Å². The van der Waals surface area contributed by atoms with Gasteiger partial charge in [0.1, 0.15) is 0 Å². The van der Waals surface area contributed by atoms with Crippen molar-refractivity contribution in [1.29, 1.82) is 0 Å². The zero-order chi connectivity index (χ0) is 9.14. The summed E-state index contributed by atoms with van der Waals surface area (Å²) in [7, 11) is 0. The molecule has 72 valence electrons. The van der Waals surface area contributed by atoms with Crippen molar-refractivity contribution in [2.75, 3.05) is 0 Å². The Kier molecular flexibility index (Phi) is 3.53. The molecule has 1 saturated carbocycles. The summed E-state index contributed by atoms with van der Waals surface area (Å²) in [6.07, 6.45) is 3.58. The minimum absolute atomic E-state index is 0.0751. The standard InChI is InChI=1S/C10H20O2/c1-7(2)9-5-4-8(3)10(6-9)12-11/h7-11H,4-6H2,1-3H3. The number of rotatable bonds is 2. The lowest BCUT2D eigenvalue weighted by Crippen LogP contribution is -2.31. The van der Waals surface area contributed by atoms with Gasteiger partial charge in [-0.1, -0.05) is 20.8 Å².